The van der Waals surface area contributed by atoms with Crippen LogP contribution < -0.4 is 11.1 Å². The van der Waals surface area contributed by atoms with Crippen molar-refractivity contribution in [3.05, 3.63) is 28.8 Å². The number of nitrogens with zero attached hydrogens (tertiary/aromatic N) is 4. The maximum Gasteiger partial charge on any atom is 0.271 e. The Morgan fingerprint density at radius 1 is 1.21 bits per heavy atom. The first-order chi connectivity index (χ1) is 15.7. The molecule has 0 atom stereocenters. The van der Waals surface area contributed by atoms with Gasteiger partial charge in [0.2, 0.25) is 0 Å². The number of fused-ring (bicyclic) bond motifs is 1. The lowest BCUT2D eigenvalue weighted by Crippen LogP contribution is -2.30. The van der Waals surface area contributed by atoms with E-state index in [0.717, 1.165) is 36.2 Å². The van der Waals surface area contributed by atoms with Gasteiger partial charge in [-0.25, -0.2) is 14.6 Å². The van der Waals surface area contributed by atoms with E-state index in [1.54, 1.807) is 4.68 Å². The zero-order valence-electron chi connectivity index (χ0n) is 19.3. The average Bonchev–Trinajstić information content (AvgIpc) is 3.48. The standard InChI is InChI=1S/C24H32N6O3/c1-24(2)10-17-20(18(32)11-24)16(9-13-3-4-13)29-30(17)19-12-26-21(22(25)33)23(28-19)27-14-5-7-15(31)8-6-14/h12-15,31H,3-11H2,1-2H3,(H2,25,33)(H,27,28). The summed E-state index contributed by atoms with van der Waals surface area (Å²) in [7, 11) is 0. The first-order valence-corrected chi connectivity index (χ1v) is 12.0. The first kappa shape index (κ1) is 22.0. The Morgan fingerprint density at radius 2 is 1.94 bits per heavy atom. The van der Waals surface area contributed by atoms with Gasteiger partial charge >= 0.3 is 0 Å². The number of hydrogen-bond acceptors (Lipinski definition) is 7. The van der Waals surface area contributed by atoms with E-state index in [2.05, 4.69) is 24.1 Å². The number of aliphatic hydroxyl groups excluding tert-OH is 1. The molecule has 9 nitrogen and oxygen atoms in total. The summed E-state index contributed by atoms with van der Waals surface area (Å²) < 4.78 is 1.75. The molecule has 0 radical (unpaired) electrons. The molecule has 1 amide bonds. The highest BCUT2D eigenvalue weighted by Gasteiger charge is 2.38. The van der Waals surface area contributed by atoms with Crippen LogP contribution in [0.1, 0.15) is 91.0 Å². The largest absolute Gasteiger partial charge is 0.393 e. The van der Waals surface area contributed by atoms with Crippen LogP contribution in [-0.2, 0) is 12.8 Å². The van der Waals surface area contributed by atoms with Crippen molar-refractivity contribution in [2.75, 3.05) is 5.32 Å². The van der Waals surface area contributed by atoms with Gasteiger partial charge in [0.25, 0.3) is 5.91 Å². The van der Waals surface area contributed by atoms with Crippen LogP contribution in [0.5, 0.6) is 0 Å². The second-order valence-corrected chi connectivity index (χ2v) is 10.7. The molecule has 2 aromatic rings. The third-order valence-corrected chi connectivity index (χ3v) is 7.04. The monoisotopic (exact) mass is 452 g/mol. The minimum absolute atomic E-state index is 0.0773. The van der Waals surface area contributed by atoms with Crippen LogP contribution in [0.3, 0.4) is 0 Å². The summed E-state index contributed by atoms with van der Waals surface area (Å²) in [5, 5.41) is 18.0. The van der Waals surface area contributed by atoms with E-state index in [-0.39, 0.29) is 29.0 Å². The van der Waals surface area contributed by atoms with E-state index < -0.39 is 5.91 Å². The SMILES string of the molecule is CC1(C)CC(=O)c2c(CC3CC3)nn(-c3cnc(C(N)=O)c(NC4CCC(O)CC4)n3)c2C1. The van der Waals surface area contributed by atoms with Crippen LogP contribution in [0.15, 0.2) is 6.20 Å². The normalized spacial score (nSPS) is 24.4. The third kappa shape index (κ3) is 4.51. The van der Waals surface area contributed by atoms with E-state index >= 15 is 0 Å². The molecule has 0 aliphatic heterocycles. The van der Waals surface area contributed by atoms with Crippen LogP contribution in [-0.4, -0.2) is 48.7 Å². The lowest BCUT2D eigenvalue weighted by atomic mass is 9.75. The summed E-state index contributed by atoms with van der Waals surface area (Å²) in [4.78, 5) is 34.2. The molecular formula is C24H32N6O3. The highest BCUT2D eigenvalue weighted by atomic mass is 16.3. The van der Waals surface area contributed by atoms with Gasteiger partial charge in [0, 0.05) is 12.5 Å². The van der Waals surface area contributed by atoms with Crippen molar-refractivity contribution in [3.63, 3.8) is 0 Å². The molecule has 33 heavy (non-hydrogen) atoms. The second-order valence-electron chi connectivity index (χ2n) is 10.7. The number of rotatable bonds is 6. The van der Waals surface area contributed by atoms with Gasteiger partial charge in [0.05, 0.1) is 29.3 Å². The number of aromatic nitrogens is 4. The molecule has 0 saturated heterocycles. The number of hydrogen-bond donors (Lipinski definition) is 3. The first-order valence-electron chi connectivity index (χ1n) is 12.0. The Balaban J connectivity index is 1.54. The Hall–Kier alpha value is -2.81. The van der Waals surface area contributed by atoms with Crippen molar-refractivity contribution in [1.29, 1.82) is 0 Å². The van der Waals surface area contributed by atoms with E-state index in [1.807, 2.05) is 0 Å². The van der Waals surface area contributed by atoms with Gasteiger partial charge in [-0.3, -0.25) is 9.59 Å². The summed E-state index contributed by atoms with van der Waals surface area (Å²) in [6, 6.07) is 0.0773. The van der Waals surface area contributed by atoms with Gasteiger partial charge < -0.3 is 16.2 Å². The molecule has 2 saturated carbocycles. The zero-order valence-corrected chi connectivity index (χ0v) is 19.3. The highest BCUT2D eigenvalue weighted by molar-refractivity contribution is 6.00. The Morgan fingerprint density at radius 3 is 2.61 bits per heavy atom. The van der Waals surface area contributed by atoms with Crippen LogP contribution in [0.2, 0.25) is 0 Å². The Labute approximate surface area is 193 Å². The van der Waals surface area contributed by atoms with E-state index in [4.69, 9.17) is 15.8 Å². The predicted octanol–water partition coefficient (Wildman–Crippen LogP) is 2.58. The molecule has 0 bridgehead atoms. The van der Waals surface area contributed by atoms with E-state index in [0.29, 0.717) is 43.2 Å². The molecule has 9 heteroatoms. The number of nitrogens with one attached hydrogen (secondary N) is 1. The van der Waals surface area contributed by atoms with Crippen LogP contribution in [0, 0.1) is 11.3 Å². The maximum absolute atomic E-state index is 13.1. The summed E-state index contributed by atoms with van der Waals surface area (Å²) in [5.74, 6) is 0.893. The third-order valence-electron chi connectivity index (χ3n) is 7.04. The molecule has 0 unspecified atom stereocenters. The summed E-state index contributed by atoms with van der Waals surface area (Å²) in [6.07, 6.45) is 8.57. The molecule has 2 aromatic heterocycles. The minimum atomic E-state index is -0.652. The van der Waals surface area contributed by atoms with Crippen molar-refractivity contribution in [2.45, 2.75) is 83.8 Å². The molecule has 4 N–H and O–H groups in total. The van der Waals surface area contributed by atoms with Crippen LogP contribution in [0.4, 0.5) is 5.82 Å². The van der Waals surface area contributed by atoms with E-state index in [1.165, 1.54) is 19.0 Å². The number of primary amides is 1. The molecule has 5 rings (SSSR count). The van der Waals surface area contributed by atoms with Crippen molar-refractivity contribution < 1.29 is 14.7 Å². The predicted molar refractivity (Wildman–Crippen MR) is 122 cm³/mol. The number of carbonyl (C=O) groups excluding carboxylic acids is 2. The molecule has 2 heterocycles. The van der Waals surface area contributed by atoms with Crippen molar-refractivity contribution in [3.8, 4) is 5.82 Å². The topological polar surface area (TPSA) is 136 Å². The fraction of sp³-hybridized carbons (Fsp3) is 0.625. The van der Waals surface area contributed by atoms with Gasteiger partial charge in [-0.2, -0.15) is 5.10 Å². The van der Waals surface area contributed by atoms with Gasteiger partial charge in [0.15, 0.2) is 23.1 Å². The van der Waals surface area contributed by atoms with Gasteiger partial charge in [-0.1, -0.05) is 13.8 Å². The van der Waals surface area contributed by atoms with Gasteiger partial charge in [-0.05, 0) is 62.7 Å². The highest BCUT2D eigenvalue weighted by Crippen LogP contribution is 2.40. The number of nitrogens with two attached hydrogens (primary N) is 1. The van der Waals surface area contributed by atoms with E-state index in [9.17, 15) is 14.7 Å². The number of carbonyl (C=O) groups is 2. The fourth-order valence-corrected chi connectivity index (χ4v) is 5.13. The average molecular weight is 453 g/mol. The Kier molecular flexibility index (Phi) is 5.47. The quantitative estimate of drug-likeness (QED) is 0.613. The summed E-state index contributed by atoms with van der Waals surface area (Å²) >= 11 is 0. The van der Waals surface area contributed by atoms with Gasteiger partial charge in [0.1, 0.15) is 0 Å². The number of Topliss-reactive ketones (excluding diaryl/α,β-unsaturated/α-hetero) is 1. The molecule has 3 aliphatic rings. The van der Waals surface area contributed by atoms with Gasteiger partial charge in [-0.15, -0.1) is 0 Å². The number of anilines is 1. The second kappa shape index (κ2) is 8.20. The number of aliphatic hydroxyl groups is 1. The molecule has 0 aromatic carbocycles. The maximum atomic E-state index is 13.1. The molecule has 2 fully saturated rings. The van der Waals surface area contributed by atoms with Crippen LogP contribution in [0.25, 0.3) is 5.82 Å². The van der Waals surface area contributed by atoms with Crippen molar-refractivity contribution in [2.24, 2.45) is 17.1 Å². The Bertz CT molecular complexity index is 1100. The van der Waals surface area contributed by atoms with Crippen LogP contribution >= 0.6 is 0 Å². The summed E-state index contributed by atoms with van der Waals surface area (Å²) in [5.41, 5.74) is 7.97. The molecule has 176 valence electrons. The zero-order chi connectivity index (χ0) is 23.3. The molecule has 0 spiro atoms. The molecular weight excluding hydrogens is 420 g/mol. The van der Waals surface area contributed by atoms with Crippen molar-refractivity contribution >= 4 is 17.5 Å². The lowest BCUT2D eigenvalue weighted by molar-refractivity contribution is 0.0909. The number of ketones is 1. The minimum Gasteiger partial charge on any atom is -0.393 e. The fourth-order valence-electron chi connectivity index (χ4n) is 5.13. The smallest absolute Gasteiger partial charge is 0.271 e. The van der Waals surface area contributed by atoms with Crippen molar-refractivity contribution in [1.82, 2.24) is 19.7 Å². The molecule has 3 aliphatic carbocycles. The number of amides is 1. The summed E-state index contributed by atoms with van der Waals surface area (Å²) in [6.45, 7) is 4.19. The lowest BCUT2D eigenvalue weighted by Gasteiger charge is -2.29.